The van der Waals surface area contributed by atoms with Crippen molar-refractivity contribution in [3.05, 3.63) is 35.8 Å². The Hall–Kier alpha value is -1.53. The van der Waals surface area contributed by atoms with E-state index in [1.807, 2.05) is 30.3 Å². The summed E-state index contributed by atoms with van der Waals surface area (Å²) >= 11 is 6.41. The molecule has 0 aliphatic carbocycles. The summed E-state index contributed by atoms with van der Waals surface area (Å²) in [7, 11) is 0. The number of hydrogen-bond acceptors (Lipinski definition) is 5. The number of nitrogens with zero attached hydrogens (tertiary/aromatic N) is 3. The molecule has 0 unspecified atom stereocenters. The largest absolute Gasteiger partial charge is 0.393 e. The Kier molecular flexibility index (Phi) is 4.00. The number of benzene rings is 1. The van der Waals surface area contributed by atoms with Crippen LogP contribution in [0.1, 0.15) is 6.42 Å². The van der Waals surface area contributed by atoms with Crippen LogP contribution in [0.15, 0.2) is 35.8 Å². The topological polar surface area (TPSA) is 55.0 Å². The molecule has 6 heteroatoms. The molecule has 0 saturated carbocycles. The zero-order valence-corrected chi connectivity index (χ0v) is 10.7. The van der Waals surface area contributed by atoms with Gasteiger partial charge in [0.1, 0.15) is 5.51 Å². The van der Waals surface area contributed by atoms with Gasteiger partial charge in [-0.15, -0.1) is 10.2 Å². The standard InChI is InChI=1S/C11H12N4S2/c12-10(16)6-7-15(11-14-13-8-17-11)9-4-2-1-3-5-9/h1-5,8H,6-7H2,(H2,12,16). The highest BCUT2D eigenvalue weighted by molar-refractivity contribution is 7.80. The fourth-order valence-electron chi connectivity index (χ4n) is 1.45. The van der Waals surface area contributed by atoms with Crippen LogP contribution >= 0.6 is 23.6 Å². The van der Waals surface area contributed by atoms with Crippen LogP contribution in [0.5, 0.6) is 0 Å². The van der Waals surface area contributed by atoms with E-state index in [1.54, 1.807) is 5.51 Å². The predicted molar refractivity (Wildman–Crippen MR) is 74.8 cm³/mol. The number of nitrogens with two attached hydrogens (primary N) is 1. The lowest BCUT2D eigenvalue weighted by atomic mass is 10.3. The van der Waals surface area contributed by atoms with E-state index >= 15 is 0 Å². The quantitative estimate of drug-likeness (QED) is 0.840. The summed E-state index contributed by atoms with van der Waals surface area (Å²) in [4.78, 5) is 2.58. The van der Waals surface area contributed by atoms with Gasteiger partial charge in [-0.1, -0.05) is 41.8 Å². The first-order valence-electron chi connectivity index (χ1n) is 5.14. The third kappa shape index (κ3) is 3.21. The minimum absolute atomic E-state index is 0.510. The molecule has 0 aliphatic heterocycles. The lowest BCUT2D eigenvalue weighted by Gasteiger charge is -2.20. The molecule has 0 aliphatic rings. The minimum atomic E-state index is 0.510. The molecule has 0 saturated heterocycles. The van der Waals surface area contributed by atoms with Crippen molar-refractivity contribution < 1.29 is 0 Å². The molecule has 0 amide bonds. The van der Waals surface area contributed by atoms with E-state index in [4.69, 9.17) is 18.0 Å². The molecule has 0 fully saturated rings. The van der Waals surface area contributed by atoms with Crippen molar-refractivity contribution >= 4 is 39.4 Å². The van der Waals surface area contributed by atoms with E-state index in [2.05, 4.69) is 15.1 Å². The summed E-state index contributed by atoms with van der Waals surface area (Å²) in [5.74, 6) is 0. The summed E-state index contributed by atoms with van der Waals surface area (Å²) in [5, 5.41) is 8.79. The average Bonchev–Trinajstić information content (AvgIpc) is 2.84. The molecule has 2 rings (SSSR count). The van der Waals surface area contributed by atoms with Gasteiger partial charge in [0.2, 0.25) is 5.13 Å². The molecular formula is C11H12N4S2. The van der Waals surface area contributed by atoms with Crippen molar-refractivity contribution in [3.63, 3.8) is 0 Å². The van der Waals surface area contributed by atoms with E-state index < -0.39 is 0 Å². The number of thiocarbonyl (C=S) groups is 1. The molecule has 2 aromatic rings. The molecule has 0 spiro atoms. The Balaban J connectivity index is 2.22. The zero-order chi connectivity index (χ0) is 12.1. The molecule has 1 heterocycles. The molecule has 4 nitrogen and oxygen atoms in total. The Morgan fingerprint density at radius 1 is 1.35 bits per heavy atom. The highest BCUT2D eigenvalue weighted by Crippen LogP contribution is 2.26. The van der Waals surface area contributed by atoms with Crippen LogP contribution in [0.25, 0.3) is 0 Å². The van der Waals surface area contributed by atoms with Gasteiger partial charge < -0.3 is 10.6 Å². The lowest BCUT2D eigenvalue weighted by Crippen LogP contribution is -2.23. The van der Waals surface area contributed by atoms with Gasteiger partial charge in [0.05, 0.1) is 4.99 Å². The van der Waals surface area contributed by atoms with Crippen molar-refractivity contribution in [2.45, 2.75) is 6.42 Å². The van der Waals surface area contributed by atoms with Crippen molar-refractivity contribution in [3.8, 4) is 0 Å². The zero-order valence-electron chi connectivity index (χ0n) is 9.11. The number of para-hydroxylation sites is 1. The van der Waals surface area contributed by atoms with Gasteiger partial charge in [-0.2, -0.15) is 0 Å². The van der Waals surface area contributed by atoms with Gasteiger partial charge in [0.25, 0.3) is 0 Å². The molecular weight excluding hydrogens is 252 g/mol. The maximum absolute atomic E-state index is 5.54. The van der Waals surface area contributed by atoms with E-state index in [-0.39, 0.29) is 0 Å². The Labute approximate surface area is 109 Å². The minimum Gasteiger partial charge on any atom is -0.393 e. The summed E-state index contributed by atoms with van der Waals surface area (Å²) < 4.78 is 0. The summed E-state index contributed by atoms with van der Waals surface area (Å²) in [6, 6.07) is 10.0. The molecule has 2 N–H and O–H groups in total. The van der Waals surface area contributed by atoms with Gasteiger partial charge in [0, 0.05) is 18.7 Å². The second-order valence-corrected chi connectivity index (χ2v) is 4.76. The van der Waals surface area contributed by atoms with Gasteiger partial charge in [0.15, 0.2) is 0 Å². The number of rotatable bonds is 5. The van der Waals surface area contributed by atoms with Gasteiger partial charge in [-0.25, -0.2) is 0 Å². The first kappa shape index (κ1) is 11.9. The van der Waals surface area contributed by atoms with Gasteiger partial charge >= 0.3 is 0 Å². The Bertz CT molecular complexity index is 469. The maximum Gasteiger partial charge on any atom is 0.212 e. The van der Waals surface area contributed by atoms with Crippen molar-refractivity contribution in [1.29, 1.82) is 0 Å². The van der Waals surface area contributed by atoms with Crippen LogP contribution in [0.3, 0.4) is 0 Å². The summed E-state index contributed by atoms with van der Waals surface area (Å²) in [6.45, 7) is 0.717. The normalized spacial score (nSPS) is 10.1. The second kappa shape index (κ2) is 5.70. The molecule has 0 bridgehead atoms. The predicted octanol–water partition coefficient (Wildman–Crippen LogP) is 2.35. The van der Waals surface area contributed by atoms with Crippen molar-refractivity contribution in [2.24, 2.45) is 5.73 Å². The Morgan fingerprint density at radius 2 is 2.12 bits per heavy atom. The van der Waals surface area contributed by atoms with Crippen LogP contribution in [0.2, 0.25) is 0 Å². The molecule has 0 radical (unpaired) electrons. The number of aromatic nitrogens is 2. The van der Waals surface area contributed by atoms with Crippen LogP contribution in [-0.4, -0.2) is 21.7 Å². The summed E-state index contributed by atoms with van der Waals surface area (Å²) in [6.07, 6.45) is 0.657. The molecule has 1 aromatic carbocycles. The highest BCUT2D eigenvalue weighted by Gasteiger charge is 2.12. The van der Waals surface area contributed by atoms with Crippen LogP contribution in [0, 0.1) is 0 Å². The van der Waals surface area contributed by atoms with Gasteiger partial charge in [-0.05, 0) is 12.1 Å². The smallest absolute Gasteiger partial charge is 0.212 e. The molecule has 88 valence electrons. The fourth-order valence-corrected chi connectivity index (χ4v) is 2.15. The molecule has 0 atom stereocenters. The monoisotopic (exact) mass is 264 g/mol. The third-order valence-electron chi connectivity index (χ3n) is 2.23. The van der Waals surface area contributed by atoms with E-state index in [0.29, 0.717) is 18.0 Å². The SMILES string of the molecule is NC(=S)CCN(c1ccccc1)c1nncs1. The third-order valence-corrected chi connectivity index (χ3v) is 3.15. The number of anilines is 2. The van der Waals surface area contributed by atoms with Crippen LogP contribution in [0.4, 0.5) is 10.8 Å². The molecule has 1 aromatic heterocycles. The Morgan fingerprint density at radius 3 is 2.71 bits per heavy atom. The highest BCUT2D eigenvalue weighted by atomic mass is 32.1. The van der Waals surface area contributed by atoms with E-state index in [1.165, 1.54) is 11.3 Å². The first-order valence-corrected chi connectivity index (χ1v) is 6.43. The van der Waals surface area contributed by atoms with Crippen LogP contribution < -0.4 is 10.6 Å². The van der Waals surface area contributed by atoms with Crippen molar-refractivity contribution in [1.82, 2.24) is 10.2 Å². The van der Waals surface area contributed by atoms with Crippen molar-refractivity contribution in [2.75, 3.05) is 11.4 Å². The average molecular weight is 264 g/mol. The molecule has 17 heavy (non-hydrogen) atoms. The lowest BCUT2D eigenvalue weighted by molar-refractivity contribution is 0.935. The van der Waals surface area contributed by atoms with Gasteiger partial charge in [-0.3, -0.25) is 0 Å². The first-order chi connectivity index (χ1) is 8.27. The van der Waals surface area contributed by atoms with E-state index in [0.717, 1.165) is 10.8 Å². The summed E-state index contributed by atoms with van der Waals surface area (Å²) in [5.41, 5.74) is 8.33. The van der Waals surface area contributed by atoms with E-state index in [9.17, 15) is 0 Å². The second-order valence-electron chi connectivity index (χ2n) is 3.42. The maximum atomic E-state index is 5.54. The number of hydrogen-bond donors (Lipinski definition) is 1. The van der Waals surface area contributed by atoms with Crippen LogP contribution in [-0.2, 0) is 0 Å². The fraction of sp³-hybridized carbons (Fsp3) is 0.182.